The Balaban J connectivity index is 2.02. The molecule has 0 aromatic heterocycles. The van der Waals surface area contributed by atoms with Gasteiger partial charge in [-0.1, -0.05) is 72.8 Å². The zero-order valence-electron chi connectivity index (χ0n) is 13.5. The molecule has 2 heteroatoms. The molecule has 0 spiro atoms. The summed E-state index contributed by atoms with van der Waals surface area (Å²) in [5.74, 6) is 0.0523. The number of Topliss-reactive ketones (excluding diaryl/α,β-unsaturated/α-hetero) is 2. The van der Waals surface area contributed by atoms with Gasteiger partial charge in [-0.3, -0.25) is 9.59 Å². The van der Waals surface area contributed by atoms with Gasteiger partial charge in [0.2, 0.25) is 0 Å². The van der Waals surface area contributed by atoms with E-state index in [-0.39, 0.29) is 18.0 Å². The summed E-state index contributed by atoms with van der Waals surface area (Å²) in [5, 5.41) is 0. The monoisotopic (exact) mass is 314 g/mol. The molecule has 3 rings (SSSR count). The number of hydrogen-bond acceptors (Lipinski definition) is 2. The van der Waals surface area contributed by atoms with Gasteiger partial charge in [-0.15, -0.1) is 0 Å². The molecule has 0 fully saturated rings. The lowest BCUT2D eigenvalue weighted by Gasteiger charge is -2.11. The Bertz CT molecular complexity index is 865. The Hall–Kier alpha value is -3.00. The molecule has 0 aliphatic rings. The molecule has 0 atom stereocenters. The van der Waals surface area contributed by atoms with Gasteiger partial charge in [0.25, 0.3) is 0 Å². The summed E-state index contributed by atoms with van der Waals surface area (Å²) in [5.41, 5.74) is 4.23. The first-order valence-corrected chi connectivity index (χ1v) is 7.92. The first-order valence-electron chi connectivity index (χ1n) is 7.92. The van der Waals surface area contributed by atoms with E-state index >= 15 is 0 Å². The van der Waals surface area contributed by atoms with Crippen molar-refractivity contribution in [2.45, 2.75) is 13.3 Å². The van der Waals surface area contributed by atoms with Gasteiger partial charge in [-0.2, -0.15) is 0 Å². The van der Waals surface area contributed by atoms with Crippen LogP contribution in [0.4, 0.5) is 0 Å². The third-order valence-electron chi connectivity index (χ3n) is 4.04. The molecule has 0 heterocycles. The standard InChI is InChI=1S/C22H18O2/c1-16(23)19-12-13-21(17-8-4-2-5-9-17)20(14-19)15-22(24)18-10-6-3-7-11-18/h2-14H,15H2,1H3. The van der Waals surface area contributed by atoms with Crippen LogP contribution < -0.4 is 0 Å². The third-order valence-corrected chi connectivity index (χ3v) is 4.04. The predicted octanol–water partition coefficient (Wildman–Crippen LogP) is 4.98. The predicted molar refractivity (Wildman–Crippen MR) is 96.4 cm³/mol. The smallest absolute Gasteiger partial charge is 0.167 e. The van der Waals surface area contributed by atoms with Crippen LogP contribution in [0, 0.1) is 0 Å². The molecule has 0 aliphatic heterocycles. The van der Waals surface area contributed by atoms with E-state index in [0.717, 1.165) is 16.7 Å². The van der Waals surface area contributed by atoms with Crippen LogP contribution in [0.15, 0.2) is 78.9 Å². The van der Waals surface area contributed by atoms with Gasteiger partial charge in [0, 0.05) is 17.5 Å². The number of carbonyl (C=O) groups excluding carboxylic acids is 2. The summed E-state index contributed by atoms with van der Waals surface area (Å²) in [6, 6.07) is 24.8. The van der Waals surface area contributed by atoms with Gasteiger partial charge in [-0.25, -0.2) is 0 Å². The van der Waals surface area contributed by atoms with Gasteiger partial charge >= 0.3 is 0 Å². The summed E-state index contributed by atoms with van der Waals surface area (Å²) in [6.07, 6.45) is 0.273. The molecule has 0 radical (unpaired) electrons. The van der Waals surface area contributed by atoms with Gasteiger partial charge in [0.15, 0.2) is 11.6 Å². The second-order valence-electron chi connectivity index (χ2n) is 5.76. The average Bonchev–Trinajstić information content (AvgIpc) is 2.63. The maximum absolute atomic E-state index is 12.6. The maximum Gasteiger partial charge on any atom is 0.167 e. The molecule has 118 valence electrons. The van der Waals surface area contributed by atoms with E-state index < -0.39 is 0 Å². The minimum absolute atomic E-state index is 0.00280. The second kappa shape index (κ2) is 7.05. The Morgan fingerprint density at radius 3 is 2.00 bits per heavy atom. The van der Waals surface area contributed by atoms with Crippen molar-refractivity contribution in [3.8, 4) is 11.1 Å². The van der Waals surface area contributed by atoms with E-state index in [9.17, 15) is 9.59 Å². The van der Waals surface area contributed by atoms with Crippen molar-refractivity contribution in [1.82, 2.24) is 0 Å². The Kier molecular flexibility index (Phi) is 4.66. The number of rotatable bonds is 5. The minimum atomic E-state index is 0.00280. The Labute approximate surface area is 141 Å². The molecular weight excluding hydrogens is 296 g/mol. The summed E-state index contributed by atoms with van der Waals surface area (Å²) in [7, 11) is 0. The Morgan fingerprint density at radius 2 is 1.38 bits per heavy atom. The largest absolute Gasteiger partial charge is 0.295 e. The molecule has 0 unspecified atom stereocenters. The maximum atomic E-state index is 12.6. The molecule has 0 saturated heterocycles. The fourth-order valence-corrected chi connectivity index (χ4v) is 2.76. The van der Waals surface area contributed by atoms with Crippen LogP contribution in [-0.4, -0.2) is 11.6 Å². The normalized spacial score (nSPS) is 10.4. The quantitative estimate of drug-likeness (QED) is 0.622. The highest BCUT2D eigenvalue weighted by Crippen LogP contribution is 2.26. The van der Waals surface area contributed by atoms with Crippen LogP contribution in [0.1, 0.15) is 33.2 Å². The van der Waals surface area contributed by atoms with E-state index in [4.69, 9.17) is 0 Å². The van der Waals surface area contributed by atoms with Gasteiger partial charge in [0.05, 0.1) is 0 Å². The van der Waals surface area contributed by atoms with Crippen molar-refractivity contribution < 1.29 is 9.59 Å². The van der Waals surface area contributed by atoms with Crippen LogP contribution >= 0.6 is 0 Å². The van der Waals surface area contributed by atoms with E-state index in [1.807, 2.05) is 78.9 Å². The van der Waals surface area contributed by atoms with Crippen molar-refractivity contribution >= 4 is 11.6 Å². The van der Waals surface area contributed by atoms with E-state index in [1.54, 1.807) is 6.92 Å². The van der Waals surface area contributed by atoms with Gasteiger partial charge in [0.1, 0.15) is 0 Å². The van der Waals surface area contributed by atoms with Crippen LogP contribution in [0.2, 0.25) is 0 Å². The van der Waals surface area contributed by atoms with Crippen molar-refractivity contribution in [1.29, 1.82) is 0 Å². The Morgan fingerprint density at radius 1 is 0.750 bits per heavy atom. The number of carbonyl (C=O) groups is 2. The van der Waals surface area contributed by atoms with Gasteiger partial charge in [-0.05, 0) is 29.7 Å². The fourth-order valence-electron chi connectivity index (χ4n) is 2.76. The van der Waals surface area contributed by atoms with E-state index in [2.05, 4.69) is 0 Å². The zero-order chi connectivity index (χ0) is 16.9. The highest BCUT2D eigenvalue weighted by atomic mass is 16.1. The van der Waals surface area contributed by atoms with E-state index in [1.165, 1.54) is 0 Å². The lowest BCUT2D eigenvalue weighted by Crippen LogP contribution is -2.06. The molecule has 0 aliphatic carbocycles. The van der Waals surface area contributed by atoms with Crippen molar-refractivity contribution in [2.75, 3.05) is 0 Å². The summed E-state index contributed by atoms with van der Waals surface area (Å²) >= 11 is 0. The second-order valence-corrected chi connectivity index (χ2v) is 5.76. The molecule has 3 aromatic rings. The number of hydrogen-bond donors (Lipinski definition) is 0. The average molecular weight is 314 g/mol. The topological polar surface area (TPSA) is 34.1 Å². The highest BCUT2D eigenvalue weighted by molar-refractivity contribution is 5.99. The molecule has 0 amide bonds. The van der Waals surface area contributed by atoms with Crippen molar-refractivity contribution in [3.05, 3.63) is 95.6 Å². The van der Waals surface area contributed by atoms with Crippen LogP contribution in [-0.2, 0) is 6.42 Å². The third kappa shape index (κ3) is 3.49. The molecular formula is C22H18O2. The first kappa shape index (κ1) is 15.9. The van der Waals surface area contributed by atoms with Crippen LogP contribution in [0.5, 0.6) is 0 Å². The summed E-state index contributed by atoms with van der Waals surface area (Å²) < 4.78 is 0. The van der Waals surface area contributed by atoms with Gasteiger partial charge < -0.3 is 0 Å². The fraction of sp³-hybridized carbons (Fsp3) is 0.0909. The zero-order valence-corrected chi connectivity index (χ0v) is 13.5. The molecule has 3 aromatic carbocycles. The molecule has 24 heavy (non-hydrogen) atoms. The minimum Gasteiger partial charge on any atom is -0.295 e. The molecule has 0 bridgehead atoms. The van der Waals surface area contributed by atoms with Crippen LogP contribution in [0.25, 0.3) is 11.1 Å². The van der Waals surface area contributed by atoms with Crippen LogP contribution in [0.3, 0.4) is 0 Å². The molecule has 0 saturated carbocycles. The first-order chi connectivity index (χ1) is 11.6. The summed E-state index contributed by atoms with van der Waals surface area (Å²) in [4.78, 5) is 24.3. The van der Waals surface area contributed by atoms with Crippen molar-refractivity contribution in [2.24, 2.45) is 0 Å². The lowest BCUT2D eigenvalue weighted by molar-refractivity contribution is 0.0988. The lowest BCUT2D eigenvalue weighted by atomic mass is 9.92. The summed E-state index contributed by atoms with van der Waals surface area (Å²) in [6.45, 7) is 1.54. The molecule has 0 N–H and O–H groups in total. The van der Waals surface area contributed by atoms with Crippen molar-refractivity contribution in [3.63, 3.8) is 0 Å². The van der Waals surface area contributed by atoms with E-state index in [0.29, 0.717) is 11.1 Å². The SMILES string of the molecule is CC(=O)c1ccc(-c2ccccc2)c(CC(=O)c2ccccc2)c1. The molecule has 2 nitrogen and oxygen atoms in total. The highest BCUT2D eigenvalue weighted by Gasteiger charge is 2.13. The number of benzene rings is 3. The number of ketones is 2.